The van der Waals surface area contributed by atoms with Crippen molar-refractivity contribution in [1.82, 2.24) is 4.90 Å². The number of carbonyl (C=O) groups excluding carboxylic acids is 2. The van der Waals surface area contributed by atoms with Gasteiger partial charge in [-0.15, -0.1) is 0 Å². The van der Waals surface area contributed by atoms with Gasteiger partial charge in [0.05, 0.1) is 6.61 Å². The molecule has 2 aromatic rings. The molecule has 6 nitrogen and oxygen atoms in total. The standard InChI is InChI=1S/C21H25N3O3/c1-4-27-19-9-7-18(8-10-19)24-12-11-23(21(24)26)14-20(25)22-17-6-5-15(2)16(3)13-17/h5-10,13H,4,11-12,14H2,1-3H3,(H,22,25). The molecule has 0 saturated carbocycles. The van der Waals surface area contributed by atoms with E-state index in [1.807, 2.05) is 63.2 Å². The maximum atomic E-state index is 12.6. The first-order valence-electron chi connectivity index (χ1n) is 9.14. The van der Waals surface area contributed by atoms with Crippen molar-refractivity contribution in [1.29, 1.82) is 0 Å². The van der Waals surface area contributed by atoms with E-state index in [4.69, 9.17) is 4.74 Å². The summed E-state index contributed by atoms with van der Waals surface area (Å²) >= 11 is 0. The Balaban J connectivity index is 1.59. The molecule has 0 bridgehead atoms. The fraction of sp³-hybridized carbons (Fsp3) is 0.333. The number of urea groups is 1. The largest absolute Gasteiger partial charge is 0.494 e. The van der Waals surface area contributed by atoms with Gasteiger partial charge in [-0.1, -0.05) is 6.07 Å². The molecule has 3 rings (SSSR count). The molecule has 0 atom stereocenters. The van der Waals surface area contributed by atoms with E-state index in [9.17, 15) is 9.59 Å². The van der Waals surface area contributed by atoms with Crippen LogP contribution >= 0.6 is 0 Å². The molecule has 0 spiro atoms. The van der Waals surface area contributed by atoms with Crippen molar-refractivity contribution in [3.8, 4) is 5.75 Å². The number of nitrogens with zero attached hydrogens (tertiary/aromatic N) is 2. The number of benzene rings is 2. The molecule has 1 heterocycles. The average Bonchev–Trinajstić information content (AvgIpc) is 3.00. The van der Waals surface area contributed by atoms with E-state index < -0.39 is 0 Å². The number of anilines is 2. The highest BCUT2D eigenvalue weighted by Gasteiger charge is 2.30. The molecule has 0 aromatic heterocycles. The second kappa shape index (κ2) is 8.12. The molecule has 0 aliphatic carbocycles. The molecule has 6 heteroatoms. The van der Waals surface area contributed by atoms with Crippen LogP contribution in [0.2, 0.25) is 0 Å². The zero-order valence-corrected chi connectivity index (χ0v) is 16.0. The number of hydrogen-bond donors (Lipinski definition) is 1. The smallest absolute Gasteiger partial charge is 0.325 e. The monoisotopic (exact) mass is 367 g/mol. The van der Waals surface area contributed by atoms with Crippen molar-refractivity contribution in [2.24, 2.45) is 0 Å². The van der Waals surface area contributed by atoms with Crippen LogP contribution in [0.4, 0.5) is 16.2 Å². The van der Waals surface area contributed by atoms with Gasteiger partial charge in [-0.25, -0.2) is 4.79 Å². The van der Waals surface area contributed by atoms with Gasteiger partial charge in [-0.2, -0.15) is 0 Å². The van der Waals surface area contributed by atoms with E-state index in [2.05, 4.69) is 5.32 Å². The highest BCUT2D eigenvalue weighted by molar-refractivity contribution is 5.99. The summed E-state index contributed by atoms with van der Waals surface area (Å²) in [6.45, 7) is 7.68. The molecule has 0 radical (unpaired) electrons. The third-order valence-electron chi connectivity index (χ3n) is 4.68. The summed E-state index contributed by atoms with van der Waals surface area (Å²) in [5.74, 6) is 0.581. The summed E-state index contributed by atoms with van der Waals surface area (Å²) in [4.78, 5) is 28.2. The lowest BCUT2D eigenvalue weighted by molar-refractivity contribution is -0.116. The first kappa shape index (κ1) is 18.8. The lowest BCUT2D eigenvalue weighted by Gasteiger charge is -2.19. The van der Waals surface area contributed by atoms with Crippen LogP contribution < -0.4 is 15.0 Å². The molecular weight excluding hydrogens is 342 g/mol. The number of aryl methyl sites for hydroxylation is 2. The molecule has 2 aromatic carbocycles. The van der Waals surface area contributed by atoms with Crippen LogP contribution in [-0.2, 0) is 4.79 Å². The second-order valence-corrected chi connectivity index (χ2v) is 6.63. The van der Waals surface area contributed by atoms with Crippen molar-refractivity contribution < 1.29 is 14.3 Å². The average molecular weight is 367 g/mol. The predicted molar refractivity (Wildman–Crippen MR) is 106 cm³/mol. The molecule has 1 fully saturated rings. The Hall–Kier alpha value is -3.02. The van der Waals surface area contributed by atoms with E-state index >= 15 is 0 Å². The molecule has 27 heavy (non-hydrogen) atoms. The van der Waals surface area contributed by atoms with Gasteiger partial charge >= 0.3 is 6.03 Å². The molecule has 1 saturated heterocycles. The van der Waals surface area contributed by atoms with Gasteiger partial charge < -0.3 is 15.0 Å². The Morgan fingerprint density at radius 3 is 2.48 bits per heavy atom. The minimum Gasteiger partial charge on any atom is -0.494 e. The molecule has 1 aliphatic heterocycles. The van der Waals surface area contributed by atoms with Crippen LogP contribution in [0.25, 0.3) is 0 Å². The minimum atomic E-state index is -0.194. The molecule has 1 aliphatic rings. The summed E-state index contributed by atoms with van der Waals surface area (Å²) < 4.78 is 5.43. The number of carbonyl (C=O) groups is 2. The van der Waals surface area contributed by atoms with Crippen molar-refractivity contribution in [3.05, 3.63) is 53.6 Å². The van der Waals surface area contributed by atoms with Crippen LogP contribution in [0.5, 0.6) is 5.75 Å². The molecule has 3 amide bonds. The van der Waals surface area contributed by atoms with Crippen molar-refractivity contribution in [2.45, 2.75) is 20.8 Å². The van der Waals surface area contributed by atoms with E-state index in [1.54, 1.807) is 9.80 Å². The van der Waals surface area contributed by atoms with Crippen LogP contribution in [-0.4, -0.2) is 43.1 Å². The summed E-state index contributed by atoms with van der Waals surface area (Å²) in [5.41, 5.74) is 3.85. The zero-order chi connectivity index (χ0) is 19.4. The van der Waals surface area contributed by atoms with Gasteiger partial charge in [0.25, 0.3) is 0 Å². The maximum absolute atomic E-state index is 12.6. The van der Waals surface area contributed by atoms with Gasteiger partial charge in [-0.05, 0) is 68.3 Å². The summed E-state index contributed by atoms with van der Waals surface area (Å²) in [7, 11) is 0. The van der Waals surface area contributed by atoms with Gasteiger partial charge in [0.2, 0.25) is 5.91 Å². The third kappa shape index (κ3) is 4.39. The van der Waals surface area contributed by atoms with Crippen molar-refractivity contribution in [3.63, 3.8) is 0 Å². The Bertz CT molecular complexity index is 833. The van der Waals surface area contributed by atoms with Crippen LogP contribution in [0.15, 0.2) is 42.5 Å². The maximum Gasteiger partial charge on any atom is 0.325 e. The first-order chi connectivity index (χ1) is 13.0. The lowest BCUT2D eigenvalue weighted by atomic mass is 10.1. The normalized spacial score (nSPS) is 13.8. The topological polar surface area (TPSA) is 61.9 Å². The van der Waals surface area contributed by atoms with E-state index in [1.165, 1.54) is 5.56 Å². The Morgan fingerprint density at radius 2 is 1.81 bits per heavy atom. The number of ether oxygens (including phenoxy) is 1. The fourth-order valence-electron chi connectivity index (χ4n) is 3.05. The van der Waals surface area contributed by atoms with Gasteiger partial charge in [-0.3, -0.25) is 9.69 Å². The van der Waals surface area contributed by atoms with Crippen LogP contribution in [0, 0.1) is 13.8 Å². The SMILES string of the molecule is CCOc1ccc(N2CCN(CC(=O)Nc3ccc(C)c(C)c3)C2=O)cc1. The van der Waals surface area contributed by atoms with Gasteiger partial charge in [0.1, 0.15) is 12.3 Å². The number of hydrogen-bond acceptors (Lipinski definition) is 3. The summed E-state index contributed by atoms with van der Waals surface area (Å²) in [6.07, 6.45) is 0. The number of nitrogens with one attached hydrogen (secondary N) is 1. The fourth-order valence-corrected chi connectivity index (χ4v) is 3.05. The summed E-state index contributed by atoms with van der Waals surface area (Å²) in [6, 6.07) is 13.0. The van der Waals surface area contributed by atoms with E-state index in [0.29, 0.717) is 19.7 Å². The highest BCUT2D eigenvalue weighted by Crippen LogP contribution is 2.23. The van der Waals surface area contributed by atoms with Crippen LogP contribution in [0.3, 0.4) is 0 Å². The number of rotatable bonds is 6. The molecule has 1 N–H and O–H groups in total. The van der Waals surface area contributed by atoms with Crippen molar-refractivity contribution >= 4 is 23.3 Å². The molecule has 0 unspecified atom stereocenters. The van der Waals surface area contributed by atoms with E-state index in [0.717, 1.165) is 22.7 Å². The van der Waals surface area contributed by atoms with Gasteiger partial charge in [0, 0.05) is 24.5 Å². The molecule has 142 valence electrons. The summed E-state index contributed by atoms with van der Waals surface area (Å²) in [5, 5.41) is 2.87. The lowest BCUT2D eigenvalue weighted by Crippen LogP contribution is -2.37. The molecular formula is C21H25N3O3. The predicted octanol–water partition coefficient (Wildman–Crippen LogP) is 3.58. The zero-order valence-electron chi connectivity index (χ0n) is 16.0. The van der Waals surface area contributed by atoms with E-state index in [-0.39, 0.29) is 18.5 Å². The third-order valence-corrected chi connectivity index (χ3v) is 4.68. The minimum absolute atomic E-state index is 0.0410. The quantitative estimate of drug-likeness (QED) is 0.849. The first-order valence-corrected chi connectivity index (χ1v) is 9.14. The Morgan fingerprint density at radius 1 is 1.07 bits per heavy atom. The van der Waals surface area contributed by atoms with Gasteiger partial charge in [0.15, 0.2) is 0 Å². The van der Waals surface area contributed by atoms with Crippen LogP contribution in [0.1, 0.15) is 18.1 Å². The number of amides is 3. The van der Waals surface area contributed by atoms with Crippen molar-refractivity contribution in [2.75, 3.05) is 36.5 Å². The second-order valence-electron chi connectivity index (χ2n) is 6.63. The highest BCUT2D eigenvalue weighted by atomic mass is 16.5. The Labute approximate surface area is 159 Å². The Kier molecular flexibility index (Phi) is 5.64.